The molecule has 27 heavy (non-hydrogen) atoms. The quantitative estimate of drug-likeness (QED) is 0.870. The molecule has 142 valence electrons. The van der Waals surface area contributed by atoms with E-state index in [1.807, 2.05) is 43.3 Å². The monoisotopic (exact) mass is 367 g/mol. The van der Waals surface area contributed by atoms with Crippen LogP contribution in [-0.4, -0.2) is 43.1 Å². The van der Waals surface area contributed by atoms with Gasteiger partial charge in [0, 0.05) is 24.8 Å². The van der Waals surface area contributed by atoms with Crippen molar-refractivity contribution in [1.29, 1.82) is 0 Å². The van der Waals surface area contributed by atoms with Crippen LogP contribution in [0.25, 0.3) is 0 Å². The Hall–Kier alpha value is -3.02. The van der Waals surface area contributed by atoms with Crippen molar-refractivity contribution in [3.63, 3.8) is 0 Å². The van der Waals surface area contributed by atoms with Gasteiger partial charge in [-0.05, 0) is 49.6 Å². The van der Waals surface area contributed by atoms with E-state index in [0.29, 0.717) is 24.4 Å². The molecule has 1 saturated heterocycles. The third kappa shape index (κ3) is 4.78. The minimum Gasteiger partial charge on any atom is -0.496 e. The highest BCUT2D eigenvalue weighted by Crippen LogP contribution is 2.19. The molecule has 2 aromatic rings. The molecule has 0 aromatic heterocycles. The minimum atomic E-state index is -0.143. The highest BCUT2D eigenvalue weighted by atomic mass is 16.5. The van der Waals surface area contributed by atoms with Crippen LogP contribution < -0.4 is 15.4 Å². The molecular formula is C21H25N3O3. The predicted molar refractivity (Wildman–Crippen MR) is 105 cm³/mol. The summed E-state index contributed by atoms with van der Waals surface area (Å²) in [6, 6.07) is 14.8. The van der Waals surface area contributed by atoms with Crippen LogP contribution in [0.15, 0.2) is 48.5 Å². The molecule has 3 amide bonds. The molecule has 6 heteroatoms. The van der Waals surface area contributed by atoms with Gasteiger partial charge in [-0.25, -0.2) is 4.79 Å². The molecule has 0 saturated carbocycles. The fraction of sp³-hybridized carbons (Fsp3) is 0.333. The van der Waals surface area contributed by atoms with E-state index in [1.165, 1.54) is 0 Å². The first kappa shape index (κ1) is 18.8. The molecule has 0 radical (unpaired) electrons. The van der Waals surface area contributed by atoms with Crippen LogP contribution in [-0.2, 0) is 0 Å². The molecule has 2 aromatic carbocycles. The van der Waals surface area contributed by atoms with Crippen molar-refractivity contribution in [2.75, 3.05) is 25.5 Å². The molecule has 6 nitrogen and oxygen atoms in total. The summed E-state index contributed by atoms with van der Waals surface area (Å²) in [7, 11) is 1.55. The maximum Gasteiger partial charge on any atom is 0.321 e. The smallest absolute Gasteiger partial charge is 0.321 e. The number of methoxy groups -OCH3 is 1. The maximum atomic E-state index is 12.5. The van der Waals surface area contributed by atoms with Gasteiger partial charge in [0.1, 0.15) is 5.75 Å². The van der Waals surface area contributed by atoms with Gasteiger partial charge in [-0.2, -0.15) is 0 Å². The number of aryl methyl sites for hydroxylation is 1. The van der Waals surface area contributed by atoms with E-state index in [4.69, 9.17) is 4.74 Å². The summed E-state index contributed by atoms with van der Waals surface area (Å²) in [5.41, 5.74) is 2.43. The summed E-state index contributed by atoms with van der Waals surface area (Å²) in [6.45, 7) is 3.20. The number of rotatable bonds is 4. The molecule has 3 rings (SSSR count). The van der Waals surface area contributed by atoms with Crippen molar-refractivity contribution in [3.05, 3.63) is 59.7 Å². The van der Waals surface area contributed by atoms with Gasteiger partial charge in [-0.1, -0.05) is 24.3 Å². The average molecular weight is 367 g/mol. The first-order chi connectivity index (χ1) is 13.1. The van der Waals surface area contributed by atoms with E-state index in [-0.39, 0.29) is 18.0 Å². The van der Waals surface area contributed by atoms with E-state index in [9.17, 15) is 9.59 Å². The zero-order valence-electron chi connectivity index (χ0n) is 15.7. The zero-order valence-corrected chi connectivity index (χ0v) is 15.7. The summed E-state index contributed by atoms with van der Waals surface area (Å²) >= 11 is 0. The Bertz CT molecular complexity index is 814. The lowest BCUT2D eigenvalue weighted by Crippen LogP contribution is -2.47. The molecule has 0 unspecified atom stereocenters. The number of likely N-dealkylation sites (tertiary alicyclic amines) is 1. The average Bonchev–Trinajstić information content (AvgIpc) is 2.68. The molecule has 0 spiro atoms. The van der Waals surface area contributed by atoms with Crippen molar-refractivity contribution in [3.8, 4) is 5.75 Å². The number of para-hydroxylation sites is 1. The van der Waals surface area contributed by atoms with Crippen molar-refractivity contribution < 1.29 is 14.3 Å². The lowest BCUT2D eigenvalue weighted by Gasteiger charge is -2.32. The Kier molecular flexibility index (Phi) is 5.96. The number of nitrogens with one attached hydrogen (secondary N) is 2. The van der Waals surface area contributed by atoms with Crippen LogP contribution in [0.3, 0.4) is 0 Å². The molecule has 1 aliphatic rings. The van der Waals surface area contributed by atoms with Crippen LogP contribution in [0.4, 0.5) is 10.5 Å². The maximum absolute atomic E-state index is 12.5. The molecule has 1 aliphatic heterocycles. The van der Waals surface area contributed by atoms with E-state index in [0.717, 1.165) is 24.1 Å². The second-order valence-corrected chi connectivity index (χ2v) is 6.73. The summed E-state index contributed by atoms with van der Waals surface area (Å²) < 4.78 is 5.25. The highest BCUT2D eigenvalue weighted by Gasteiger charge is 2.25. The topological polar surface area (TPSA) is 70.7 Å². The first-order valence-electron chi connectivity index (χ1n) is 9.13. The number of ether oxygens (including phenoxy) is 1. The zero-order chi connectivity index (χ0) is 19.2. The number of urea groups is 1. The normalized spacial score (nSPS) is 14.5. The second-order valence-electron chi connectivity index (χ2n) is 6.73. The Morgan fingerprint density at radius 3 is 2.52 bits per heavy atom. The second kappa shape index (κ2) is 8.58. The van der Waals surface area contributed by atoms with Crippen molar-refractivity contribution >= 4 is 17.6 Å². The molecule has 1 fully saturated rings. The summed E-state index contributed by atoms with van der Waals surface area (Å²) in [4.78, 5) is 26.7. The Morgan fingerprint density at radius 2 is 1.81 bits per heavy atom. The van der Waals surface area contributed by atoms with E-state index >= 15 is 0 Å². The number of hydrogen-bond donors (Lipinski definition) is 2. The summed E-state index contributed by atoms with van der Waals surface area (Å²) in [6.07, 6.45) is 1.45. The largest absolute Gasteiger partial charge is 0.496 e. The van der Waals surface area contributed by atoms with Crippen molar-refractivity contribution in [1.82, 2.24) is 10.2 Å². The number of carbonyl (C=O) groups excluding carboxylic acids is 2. The number of anilines is 1. The number of piperidine rings is 1. The van der Waals surface area contributed by atoms with Crippen LogP contribution in [0, 0.1) is 6.92 Å². The fourth-order valence-corrected chi connectivity index (χ4v) is 3.25. The molecule has 0 aliphatic carbocycles. The number of benzene rings is 2. The highest BCUT2D eigenvalue weighted by molar-refractivity contribution is 5.97. The number of carbonyl (C=O) groups is 2. The number of amides is 3. The third-order valence-corrected chi connectivity index (χ3v) is 4.74. The van der Waals surface area contributed by atoms with Crippen molar-refractivity contribution in [2.24, 2.45) is 0 Å². The van der Waals surface area contributed by atoms with Gasteiger partial charge in [0.05, 0.1) is 12.7 Å². The summed E-state index contributed by atoms with van der Waals surface area (Å²) in [5.74, 6) is 0.417. The number of hydrogen-bond acceptors (Lipinski definition) is 3. The molecule has 0 atom stereocenters. The molecular weight excluding hydrogens is 342 g/mol. The van der Waals surface area contributed by atoms with Gasteiger partial charge >= 0.3 is 6.03 Å². The predicted octanol–water partition coefficient (Wildman–Crippen LogP) is 3.43. The van der Waals surface area contributed by atoms with Crippen LogP contribution in [0.1, 0.15) is 28.8 Å². The van der Waals surface area contributed by atoms with Crippen molar-refractivity contribution in [2.45, 2.75) is 25.8 Å². The van der Waals surface area contributed by atoms with E-state index < -0.39 is 0 Å². The minimum absolute atomic E-state index is 0.0467. The number of nitrogens with zero attached hydrogens (tertiary/aromatic N) is 1. The van der Waals surface area contributed by atoms with Gasteiger partial charge in [0.25, 0.3) is 5.91 Å². The first-order valence-corrected chi connectivity index (χ1v) is 9.13. The molecule has 1 heterocycles. The molecule has 0 bridgehead atoms. The lowest BCUT2D eigenvalue weighted by atomic mass is 10.0. The summed E-state index contributed by atoms with van der Waals surface area (Å²) in [5, 5.41) is 5.98. The SMILES string of the molecule is COc1ccccc1C(=O)NC1CCN(C(=O)Nc2cccc(C)c2)CC1. The lowest BCUT2D eigenvalue weighted by molar-refractivity contribution is 0.0916. The Labute approximate surface area is 159 Å². The fourth-order valence-electron chi connectivity index (χ4n) is 3.25. The Morgan fingerprint density at radius 1 is 1.07 bits per heavy atom. The van der Waals surface area contributed by atoms with Gasteiger partial charge in [-0.3, -0.25) is 4.79 Å². The van der Waals surface area contributed by atoms with Crippen LogP contribution >= 0.6 is 0 Å². The van der Waals surface area contributed by atoms with Gasteiger partial charge in [0.2, 0.25) is 0 Å². The van der Waals surface area contributed by atoms with Gasteiger partial charge < -0.3 is 20.3 Å². The van der Waals surface area contributed by atoms with Crippen LogP contribution in [0.2, 0.25) is 0 Å². The standard InChI is InChI=1S/C21H25N3O3/c1-15-6-5-7-17(14-15)23-21(26)24-12-10-16(11-13-24)22-20(25)18-8-3-4-9-19(18)27-2/h3-9,14,16H,10-13H2,1-2H3,(H,22,25)(H,23,26). The van der Waals surface area contributed by atoms with E-state index in [1.54, 1.807) is 24.1 Å². The Balaban J connectivity index is 1.51. The van der Waals surface area contributed by atoms with Crippen LogP contribution in [0.5, 0.6) is 5.75 Å². The van der Waals surface area contributed by atoms with Gasteiger partial charge in [0.15, 0.2) is 0 Å². The third-order valence-electron chi connectivity index (χ3n) is 4.74. The van der Waals surface area contributed by atoms with Gasteiger partial charge in [-0.15, -0.1) is 0 Å². The van der Waals surface area contributed by atoms with E-state index in [2.05, 4.69) is 10.6 Å². The molecule has 2 N–H and O–H groups in total.